The lowest BCUT2D eigenvalue weighted by Gasteiger charge is -1.80. The van der Waals surface area contributed by atoms with Crippen molar-refractivity contribution in [1.82, 2.24) is 0 Å². The van der Waals surface area contributed by atoms with Crippen molar-refractivity contribution in [2.45, 2.75) is 39.5 Å². The van der Waals surface area contributed by atoms with Crippen LogP contribution in [0.15, 0.2) is 0 Å². The molecule has 0 N–H and O–H groups in total. The van der Waals surface area contributed by atoms with Crippen LogP contribution in [0.1, 0.15) is 39.5 Å². The van der Waals surface area contributed by atoms with Crippen molar-refractivity contribution >= 4 is 0 Å². The first-order valence-electron chi connectivity index (χ1n) is 3.97. The van der Waals surface area contributed by atoms with E-state index in [1.54, 1.807) is 19.3 Å². The van der Waals surface area contributed by atoms with Gasteiger partial charge in [-0.2, -0.15) is 0 Å². The minimum atomic E-state index is 1.21. The van der Waals surface area contributed by atoms with Gasteiger partial charge >= 0.3 is 0 Å². The zero-order valence-electron chi connectivity index (χ0n) is 5.98. The highest BCUT2D eigenvalue weighted by Gasteiger charge is 2.40. The first-order chi connectivity index (χ1) is 3.97. The summed E-state index contributed by atoms with van der Waals surface area (Å²) in [6.45, 7) is 4.00. The molecule has 0 nitrogen and oxygen atoms in total. The zero-order valence-corrected chi connectivity index (χ0v) is 5.98. The molecule has 2 atom stereocenters. The predicted molar refractivity (Wildman–Crippen MR) is 36.8 cm³/mol. The van der Waals surface area contributed by atoms with Crippen molar-refractivity contribution < 1.29 is 0 Å². The van der Waals surface area contributed by atoms with Crippen molar-refractivity contribution in [3.8, 4) is 0 Å². The quantitative estimate of drug-likeness (QED) is 0.452. The highest BCUT2D eigenvalue weighted by Crippen LogP contribution is 2.51. The molecular weight excluding hydrogens is 96.1 g/mol. The summed E-state index contributed by atoms with van der Waals surface area (Å²) < 4.78 is 0. The van der Waals surface area contributed by atoms with E-state index in [4.69, 9.17) is 0 Å². The van der Waals surface area contributed by atoms with E-state index in [2.05, 4.69) is 0 Å². The molecule has 0 aromatic rings. The zero-order chi connectivity index (χ0) is 5.98. The van der Waals surface area contributed by atoms with Gasteiger partial charge in [0.15, 0.2) is 0 Å². The molecule has 2 aliphatic rings. The fraction of sp³-hybridized carbons (Fsp3) is 1.00. The average Bonchev–Trinajstić information content (AvgIpc) is 2.46. The number of hydrogen-bond donors (Lipinski definition) is 0. The van der Waals surface area contributed by atoms with Crippen LogP contribution in [0.3, 0.4) is 0 Å². The number of fused-ring (bicyclic) bond motifs is 1. The Bertz CT molecular complexity index is 58.4. The van der Waals surface area contributed by atoms with Crippen molar-refractivity contribution in [1.29, 1.82) is 0 Å². The molecule has 0 spiro atoms. The van der Waals surface area contributed by atoms with Gasteiger partial charge in [-0.15, -0.1) is 0 Å². The van der Waals surface area contributed by atoms with E-state index in [0.29, 0.717) is 0 Å². The Labute approximate surface area is 52.3 Å². The van der Waals surface area contributed by atoms with Gasteiger partial charge in [-0.3, -0.25) is 0 Å². The molecule has 0 aromatic heterocycles. The molecular formula is C8H16. The van der Waals surface area contributed by atoms with Crippen LogP contribution < -0.4 is 0 Å². The SMILES string of the molecule is C1CC2CC2C1.CC. The lowest BCUT2D eigenvalue weighted by molar-refractivity contribution is 0.735. The molecule has 48 valence electrons. The highest BCUT2D eigenvalue weighted by molar-refractivity contribution is 4.91. The van der Waals surface area contributed by atoms with Gasteiger partial charge in [0.1, 0.15) is 0 Å². The van der Waals surface area contributed by atoms with Gasteiger partial charge in [-0.05, 0) is 18.3 Å². The van der Waals surface area contributed by atoms with Gasteiger partial charge in [0.25, 0.3) is 0 Å². The molecule has 0 heteroatoms. The Morgan fingerprint density at radius 3 is 1.62 bits per heavy atom. The lowest BCUT2D eigenvalue weighted by atomic mass is 10.3. The summed E-state index contributed by atoms with van der Waals surface area (Å²) in [5, 5.41) is 0. The molecule has 0 aromatic carbocycles. The Kier molecular flexibility index (Phi) is 1.93. The first kappa shape index (κ1) is 6.12. The summed E-state index contributed by atoms with van der Waals surface area (Å²) in [6.07, 6.45) is 6.24. The summed E-state index contributed by atoms with van der Waals surface area (Å²) >= 11 is 0. The fourth-order valence-corrected chi connectivity index (χ4v) is 1.66. The third kappa shape index (κ3) is 1.04. The summed E-state index contributed by atoms with van der Waals surface area (Å²) in [6, 6.07) is 0. The molecule has 0 aliphatic heterocycles. The maximum Gasteiger partial charge on any atom is -0.0383 e. The van der Waals surface area contributed by atoms with Gasteiger partial charge < -0.3 is 0 Å². The minimum Gasteiger partial charge on any atom is -0.0683 e. The van der Waals surface area contributed by atoms with E-state index >= 15 is 0 Å². The van der Waals surface area contributed by atoms with Crippen LogP contribution in [0.2, 0.25) is 0 Å². The monoisotopic (exact) mass is 112 g/mol. The Morgan fingerprint density at radius 2 is 1.50 bits per heavy atom. The molecule has 0 bridgehead atoms. The Morgan fingerprint density at radius 1 is 1.00 bits per heavy atom. The molecule has 2 saturated carbocycles. The van der Waals surface area contributed by atoms with Crippen LogP contribution in [0.25, 0.3) is 0 Å². The molecule has 0 radical (unpaired) electrons. The number of rotatable bonds is 0. The van der Waals surface area contributed by atoms with Crippen LogP contribution in [-0.2, 0) is 0 Å². The Balaban J connectivity index is 0.000000147. The van der Waals surface area contributed by atoms with E-state index in [1.807, 2.05) is 13.8 Å². The summed E-state index contributed by atoms with van der Waals surface area (Å²) in [4.78, 5) is 0. The van der Waals surface area contributed by atoms with E-state index < -0.39 is 0 Å². The second kappa shape index (κ2) is 2.52. The molecule has 8 heavy (non-hydrogen) atoms. The third-order valence-electron chi connectivity index (χ3n) is 2.22. The molecule has 2 aliphatic carbocycles. The normalized spacial score (nSPS) is 39.8. The van der Waals surface area contributed by atoms with Gasteiger partial charge in [0.05, 0.1) is 0 Å². The second-order valence-corrected chi connectivity index (χ2v) is 2.69. The van der Waals surface area contributed by atoms with E-state index in [1.165, 1.54) is 18.3 Å². The molecule has 2 fully saturated rings. The van der Waals surface area contributed by atoms with Crippen molar-refractivity contribution in [3.63, 3.8) is 0 Å². The largest absolute Gasteiger partial charge is 0.0683 e. The minimum absolute atomic E-state index is 1.21. The van der Waals surface area contributed by atoms with Gasteiger partial charge in [-0.1, -0.05) is 33.1 Å². The van der Waals surface area contributed by atoms with Crippen LogP contribution in [0, 0.1) is 11.8 Å². The Hall–Kier alpha value is 0. The maximum atomic E-state index is 2.00. The van der Waals surface area contributed by atoms with Crippen LogP contribution >= 0.6 is 0 Å². The summed E-state index contributed by atoms with van der Waals surface area (Å²) in [5.74, 6) is 2.43. The average molecular weight is 112 g/mol. The first-order valence-corrected chi connectivity index (χ1v) is 3.97. The summed E-state index contributed by atoms with van der Waals surface area (Å²) in [5.41, 5.74) is 0. The van der Waals surface area contributed by atoms with Gasteiger partial charge in [-0.25, -0.2) is 0 Å². The van der Waals surface area contributed by atoms with Crippen LogP contribution in [-0.4, -0.2) is 0 Å². The van der Waals surface area contributed by atoms with E-state index in [0.717, 1.165) is 0 Å². The fourth-order valence-electron chi connectivity index (χ4n) is 1.66. The molecule has 2 rings (SSSR count). The molecule has 0 amide bonds. The molecule has 0 heterocycles. The smallest absolute Gasteiger partial charge is 0.0383 e. The third-order valence-corrected chi connectivity index (χ3v) is 2.22. The van der Waals surface area contributed by atoms with Gasteiger partial charge in [0.2, 0.25) is 0 Å². The van der Waals surface area contributed by atoms with Crippen LogP contribution in [0.5, 0.6) is 0 Å². The van der Waals surface area contributed by atoms with Crippen molar-refractivity contribution in [2.24, 2.45) is 11.8 Å². The highest BCUT2D eigenvalue weighted by atomic mass is 14.5. The van der Waals surface area contributed by atoms with Crippen LogP contribution in [0.4, 0.5) is 0 Å². The van der Waals surface area contributed by atoms with Crippen molar-refractivity contribution in [3.05, 3.63) is 0 Å². The molecule has 2 unspecified atom stereocenters. The van der Waals surface area contributed by atoms with Gasteiger partial charge in [0, 0.05) is 0 Å². The second-order valence-electron chi connectivity index (χ2n) is 2.69. The topological polar surface area (TPSA) is 0 Å². The van der Waals surface area contributed by atoms with E-state index in [9.17, 15) is 0 Å². The maximum absolute atomic E-state index is 2.00. The number of hydrogen-bond acceptors (Lipinski definition) is 0. The molecule has 0 saturated heterocycles. The standard InChI is InChI=1S/C6H10.C2H6/c1-2-5-4-6(5)3-1;1-2/h5-6H,1-4H2;1-2H3. The van der Waals surface area contributed by atoms with Crippen molar-refractivity contribution in [2.75, 3.05) is 0 Å². The van der Waals surface area contributed by atoms with E-state index in [-0.39, 0.29) is 0 Å². The summed E-state index contributed by atoms with van der Waals surface area (Å²) in [7, 11) is 0. The predicted octanol–water partition coefficient (Wildman–Crippen LogP) is 2.83. The lowest BCUT2D eigenvalue weighted by Crippen LogP contribution is -1.64.